The molecule has 0 radical (unpaired) electrons. The van der Waals surface area contributed by atoms with Gasteiger partial charge < -0.3 is 5.32 Å². The topological polar surface area (TPSA) is 77.6 Å². The smallest absolute Gasteiger partial charge is 0.246 e. The minimum Gasteiger partial charge on any atom is -0.321 e. The van der Waals surface area contributed by atoms with Crippen molar-refractivity contribution in [2.24, 2.45) is 0 Å². The van der Waals surface area contributed by atoms with Gasteiger partial charge in [-0.05, 0) is 67.8 Å². The molecule has 0 atom stereocenters. The molecular weight excluding hydrogens is 498 g/mol. The number of hydrogen-bond acceptors (Lipinski definition) is 4. The van der Waals surface area contributed by atoms with E-state index in [0.717, 1.165) is 22.2 Å². The van der Waals surface area contributed by atoms with Crippen LogP contribution in [0.15, 0.2) is 54.7 Å². The number of anilines is 1. The SMILES string of the molecule is Cc1nn(Cc2ccc(F)cc2Cl)c(C)c1NC(=O)Cn1nc(C)c2c(-c3ccc(F)cc3)ccnc21. The molecule has 0 bridgehead atoms. The zero-order valence-electron chi connectivity index (χ0n) is 20.4. The lowest BCUT2D eigenvalue weighted by Crippen LogP contribution is -2.20. The molecule has 188 valence electrons. The van der Waals surface area contributed by atoms with Crippen molar-refractivity contribution < 1.29 is 13.6 Å². The van der Waals surface area contributed by atoms with Gasteiger partial charge in [0, 0.05) is 16.6 Å². The molecule has 0 spiro atoms. The van der Waals surface area contributed by atoms with Gasteiger partial charge in [-0.2, -0.15) is 10.2 Å². The fourth-order valence-corrected chi connectivity index (χ4v) is 4.65. The largest absolute Gasteiger partial charge is 0.321 e. The van der Waals surface area contributed by atoms with E-state index in [9.17, 15) is 13.6 Å². The molecule has 0 aliphatic heterocycles. The van der Waals surface area contributed by atoms with Crippen LogP contribution in [-0.2, 0) is 17.9 Å². The summed E-state index contributed by atoms with van der Waals surface area (Å²) in [7, 11) is 0. The second kappa shape index (κ2) is 9.74. The summed E-state index contributed by atoms with van der Waals surface area (Å²) in [5.74, 6) is -1.01. The number of rotatable bonds is 6. The maximum atomic E-state index is 13.4. The molecule has 10 heteroatoms. The normalized spacial score (nSPS) is 11.3. The lowest BCUT2D eigenvalue weighted by molar-refractivity contribution is -0.116. The third-order valence-electron chi connectivity index (χ3n) is 6.24. The Bertz CT molecular complexity index is 1640. The first kappa shape index (κ1) is 24.6. The number of aromatic nitrogens is 5. The molecule has 0 unspecified atom stereocenters. The minimum atomic E-state index is -0.407. The first-order chi connectivity index (χ1) is 17.7. The molecule has 37 heavy (non-hydrogen) atoms. The van der Waals surface area contributed by atoms with Crippen LogP contribution in [0.25, 0.3) is 22.2 Å². The average molecular weight is 521 g/mol. The summed E-state index contributed by atoms with van der Waals surface area (Å²) in [5.41, 5.74) is 5.66. The van der Waals surface area contributed by atoms with Crippen molar-refractivity contribution in [1.29, 1.82) is 0 Å². The summed E-state index contributed by atoms with van der Waals surface area (Å²) in [6.07, 6.45) is 1.65. The number of nitrogens with one attached hydrogen (secondary N) is 1. The summed E-state index contributed by atoms with van der Waals surface area (Å²) >= 11 is 6.18. The molecule has 0 aliphatic rings. The lowest BCUT2D eigenvalue weighted by atomic mass is 10.0. The van der Waals surface area contributed by atoms with Gasteiger partial charge in [-0.15, -0.1) is 0 Å². The second-order valence-electron chi connectivity index (χ2n) is 8.79. The van der Waals surface area contributed by atoms with Gasteiger partial charge in [0.1, 0.15) is 18.2 Å². The quantitative estimate of drug-likeness (QED) is 0.305. The number of nitrogens with zero attached hydrogens (tertiary/aromatic N) is 5. The van der Waals surface area contributed by atoms with Crippen molar-refractivity contribution in [2.45, 2.75) is 33.9 Å². The van der Waals surface area contributed by atoms with Crippen LogP contribution in [0.4, 0.5) is 14.5 Å². The van der Waals surface area contributed by atoms with Crippen LogP contribution >= 0.6 is 11.6 Å². The molecule has 1 N–H and O–H groups in total. The molecule has 2 aromatic carbocycles. The van der Waals surface area contributed by atoms with E-state index in [1.54, 1.807) is 40.7 Å². The molecule has 7 nitrogen and oxygen atoms in total. The zero-order valence-corrected chi connectivity index (χ0v) is 21.1. The summed E-state index contributed by atoms with van der Waals surface area (Å²) in [6.45, 7) is 5.77. The Hall–Kier alpha value is -4.11. The monoisotopic (exact) mass is 520 g/mol. The Morgan fingerprint density at radius 3 is 2.38 bits per heavy atom. The Morgan fingerprint density at radius 2 is 1.65 bits per heavy atom. The van der Waals surface area contributed by atoms with Crippen molar-refractivity contribution in [1.82, 2.24) is 24.5 Å². The standard InChI is InChI=1S/C27H23ClF2N6O/c1-15-25-22(18-4-7-20(29)8-5-18)10-11-31-27(25)36(33-15)14-24(37)32-26-16(2)34-35(17(26)3)13-19-6-9-21(30)12-23(19)28/h4-12H,13-14H2,1-3H3,(H,32,37). The number of aryl methyl sites for hydroxylation is 2. The van der Waals surface area contributed by atoms with Gasteiger partial charge in [0.05, 0.1) is 29.3 Å². The van der Waals surface area contributed by atoms with Crippen molar-refractivity contribution in [3.05, 3.63) is 94.0 Å². The van der Waals surface area contributed by atoms with Crippen LogP contribution in [0.1, 0.15) is 22.6 Å². The molecule has 3 aromatic heterocycles. The number of carbonyl (C=O) groups excluding carboxylic acids is 1. The number of hydrogen-bond donors (Lipinski definition) is 1. The third kappa shape index (κ3) is 4.82. The van der Waals surface area contributed by atoms with E-state index < -0.39 is 5.82 Å². The van der Waals surface area contributed by atoms with Crippen molar-refractivity contribution >= 4 is 34.2 Å². The fraction of sp³-hybridized carbons (Fsp3) is 0.185. The second-order valence-corrected chi connectivity index (χ2v) is 9.20. The van der Waals surface area contributed by atoms with Crippen LogP contribution in [0.2, 0.25) is 5.02 Å². The Balaban J connectivity index is 1.38. The van der Waals surface area contributed by atoms with Crippen LogP contribution in [0.3, 0.4) is 0 Å². The number of fused-ring (bicyclic) bond motifs is 1. The first-order valence-electron chi connectivity index (χ1n) is 11.6. The number of pyridine rings is 1. The van der Waals surface area contributed by atoms with Crippen LogP contribution < -0.4 is 5.32 Å². The van der Waals surface area contributed by atoms with Crippen molar-refractivity contribution in [2.75, 3.05) is 5.32 Å². The summed E-state index contributed by atoms with van der Waals surface area (Å²) < 4.78 is 30.1. The Labute approximate surface area is 216 Å². The van der Waals surface area contributed by atoms with E-state index in [1.165, 1.54) is 24.3 Å². The molecule has 0 fully saturated rings. The Kier molecular flexibility index (Phi) is 6.47. The van der Waals surface area contributed by atoms with Gasteiger partial charge in [-0.3, -0.25) is 9.48 Å². The summed E-state index contributed by atoms with van der Waals surface area (Å²) in [4.78, 5) is 17.5. The highest BCUT2D eigenvalue weighted by atomic mass is 35.5. The number of benzene rings is 2. The highest BCUT2D eigenvalue weighted by molar-refractivity contribution is 6.31. The van der Waals surface area contributed by atoms with Gasteiger partial charge in [0.15, 0.2) is 5.65 Å². The molecule has 3 heterocycles. The molecule has 1 amide bonds. The van der Waals surface area contributed by atoms with E-state index in [2.05, 4.69) is 20.5 Å². The maximum Gasteiger partial charge on any atom is 0.246 e. The maximum absolute atomic E-state index is 13.4. The van der Waals surface area contributed by atoms with E-state index in [1.807, 2.05) is 19.9 Å². The zero-order chi connectivity index (χ0) is 26.3. The van der Waals surface area contributed by atoms with Gasteiger partial charge in [-0.1, -0.05) is 29.8 Å². The molecule has 5 rings (SSSR count). The van der Waals surface area contributed by atoms with Crippen molar-refractivity contribution in [3.8, 4) is 11.1 Å². The predicted octanol–water partition coefficient (Wildman–Crippen LogP) is 5.84. The average Bonchev–Trinajstić information content (AvgIpc) is 3.31. The van der Waals surface area contributed by atoms with E-state index >= 15 is 0 Å². The summed E-state index contributed by atoms with van der Waals surface area (Å²) in [5, 5.41) is 13.1. The van der Waals surface area contributed by atoms with Crippen molar-refractivity contribution in [3.63, 3.8) is 0 Å². The molecular formula is C27H23ClF2N6O. The van der Waals surface area contributed by atoms with Gasteiger partial charge in [-0.25, -0.2) is 18.4 Å². The number of carbonyl (C=O) groups is 1. The van der Waals surface area contributed by atoms with Gasteiger partial charge in [0.2, 0.25) is 5.91 Å². The minimum absolute atomic E-state index is 0.0575. The van der Waals surface area contributed by atoms with Gasteiger partial charge in [0.25, 0.3) is 0 Å². The van der Waals surface area contributed by atoms with E-state index in [4.69, 9.17) is 11.6 Å². The highest BCUT2D eigenvalue weighted by Crippen LogP contribution is 2.30. The highest BCUT2D eigenvalue weighted by Gasteiger charge is 2.19. The molecule has 0 saturated carbocycles. The Morgan fingerprint density at radius 1 is 0.946 bits per heavy atom. The fourth-order valence-electron chi connectivity index (χ4n) is 4.42. The molecule has 0 saturated heterocycles. The predicted molar refractivity (Wildman–Crippen MR) is 139 cm³/mol. The lowest BCUT2D eigenvalue weighted by Gasteiger charge is -2.09. The van der Waals surface area contributed by atoms with Crippen LogP contribution in [-0.4, -0.2) is 30.5 Å². The molecule has 0 aliphatic carbocycles. The number of amides is 1. The van der Waals surface area contributed by atoms with Crippen LogP contribution in [0.5, 0.6) is 0 Å². The summed E-state index contributed by atoms with van der Waals surface area (Å²) in [6, 6.07) is 12.3. The van der Waals surface area contributed by atoms with Gasteiger partial charge >= 0.3 is 0 Å². The number of halogens is 3. The molecule has 5 aromatic rings. The third-order valence-corrected chi connectivity index (χ3v) is 6.59. The van der Waals surface area contributed by atoms with Crippen LogP contribution in [0, 0.1) is 32.4 Å². The first-order valence-corrected chi connectivity index (χ1v) is 11.9. The van der Waals surface area contributed by atoms with E-state index in [0.29, 0.717) is 39.9 Å². The van der Waals surface area contributed by atoms with E-state index in [-0.39, 0.29) is 18.3 Å².